The van der Waals surface area contributed by atoms with Crippen molar-refractivity contribution < 1.29 is 19.0 Å². The summed E-state index contributed by atoms with van der Waals surface area (Å²) in [6.45, 7) is 11.3. The van der Waals surface area contributed by atoms with E-state index in [1.165, 1.54) is 5.56 Å². The lowest BCUT2D eigenvalue weighted by Crippen LogP contribution is -2.27. The Labute approximate surface area is 179 Å². The summed E-state index contributed by atoms with van der Waals surface area (Å²) >= 11 is 0. The smallest absolute Gasteiger partial charge is 0.251 e. The van der Waals surface area contributed by atoms with Crippen LogP contribution < -0.4 is 5.32 Å². The predicted octanol–water partition coefficient (Wildman–Crippen LogP) is 3.24. The molecule has 0 saturated heterocycles. The van der Waals surface area contributed by atoms with Crippen LogP contribution in [-0.2, 0) is 20.6 Å². The Balaban J connectivity index is 1.63. The summed E-state index contributed by atoms with van der Waals surface area (Å²) in [6.07, 6.45) is 5.15. The molecule has 1 atom stereocenters. The topological polar surface area (TPSA) is 74.6 Å². The fourth-order valence-electron chi connectivity index (χ4n) is 2.84. The van der Waals surface area contributed by atoms with Crippen molar-refractivity contribution in [3.63, 3.8) is 0 Å². The number of hydrogen-bond acceptors (Lipinski definition) is 5. The van der Waals surface area contributed by atoms with E-state index >= 15 is 0 Å². The molecule has 0 aliphatic rings. The van der Waals surface area contributed by atoms with Crippen LogP contribution in [0.2, 0.25) is 0 Å². The van der Waals surface area contributed by atoms with Gasteiger partial charge >= 0.3 is 0 Å². The number of ether oxygens (including phenoxy) is 3. The summed E-state index contributed by atoms with van der Waals surface area (Å²) in [6, 6.07) is 7.77. The van der Waals surface area contributed by atoms with Crippen LogP contribution in [0, 0.1) is 0 Å². The van der Waals surface area contributed by atoms with Gasteiger partial charge in [-0.1, -0.05) is 19.1 Å². The van der Waals surface area contributed by atoms with Gasteiger partial charge < -0.3 is 19.5 Å². The van der Waals surface area contributed by atoms with Gasteiger partial charge in [-0.25, -0.2) is 0 Å². The van der Waals surface area contributed by atoms with Gasteiger partial charge in [-0.15, -0.1) is 0 Å². The number of benzene rings is 1. The van der Waals surface area contributed by atoms with Crippen molar-refractivity contribution in [2.24, 2.45) is 0 Å². The number of nitrogens with one attached hydrogen (secondary N) is 1. The molecular formula is C23H35N3O4. The number of carbonyl (C=O) groups excluding carboxylic acids is 1. The van der Waals surface area contributed by atoms with Gasteiger partial charge in [0.05, 0.1) is 51.4 Å². The van der Waals surface area contributed by atoms with Crippen LogP contribution in [0.3, 0.4) is 0 Å². The number of aromatic nitrogens is 2. The van der Waals surface area contributed by atoms with E-state index in [1.54, 1.807) is 0 Å². The van der Waals surface area contributed by atoms with E-state index in [4.69, 9.17) is 14.2 Å². The molecule has 0 aliphatic carbocycles. The monoisotopic (exact) mass is 417 g/mol. The molecule has 7 nitrogen and oxygen atoms in total. The van der Waals surface area contributed by atoms with Gasteiger partial charge in [0.2, 0.25) is 0 Å². The molecule has 0 bridgehead atoms. The van der Waals surface area contributed by atoms with Gasteiger partial charge in [-0.05, 0) is 50.5 Å². The molecule has 166 valence electrons. The van der Waals surface area contributed by atoms with Gasteiger partial charge in [-0.2, -0.15) is 5.10 Å². The summed E-state index contributed by atoms with van der Waals surface area (Å²) < 4.78 is 18.2. The maximum Gasteiger partial charge on any atom is 0.251 e. The molecule has 0 radical (unpaired) electrons. The van der Waals surface area contributed by atoms with Crippen molar-refractivity contribution >= 4 is 5.91 Å². The van der Waals surface area contributed by atoms with E-state index in [1.807, 2.05) is 49.0 Å². The van der Waals surface area contributed by atoms with Gasteiger partial charge in [0, 0.05) is 18.3 Å². The Morgan fingerprint density at radius 1 is 1.03 bits per heavy atom. The fraction of sp³-hybridized carbons (Fsp3) is 0.565. The van der Waals surface area contributed by atoms with Crippen LogP contribution >= 0.6 is 0 Å². The highest BCUT2D eigenvalue weighted by Gasteiger charge is 2.11. The zero-order chi connectivity index (χ0) is 21.8. The number of carbonyl (C=O) groups is 1. The Hall–Kier alpha value is -2.22. The van der Waals surface area contributed by atoms with Crippen molar-refractivity contribution in [3.8, 4) is 0 Å². The highest BCUT2D eigenvalue weighted by molar-refractivity contribution is 5.94. The standard InChI is InChI=1S/C23H35N3O4/c1-5-20-16-25-26(17-20)19(4)21-6-8-22(9-7-21)23(27)24-10-11-28-12-13-29-14-15-30-18(2)3/h6-9,16-19H,5,10-15H2,1-4H3,(H,24,27). The van der Waals surface area contributed by atoms with Gasteiger partial charge in [-0.3, -0.25) is 9.48 Å². The second kappa shape index (κ2) is 13.2. The second-order valence-corrected chi connectivity index (χ2v) is 7.38. The molecule has 2 rings (SSSR count). The van der Waals surface area contributed by atoms with E-state index < -0.39 is 0 Å². The predicted molar refractivity (Wildman–Crippen MR) is 117 cm³/mol. The van der Waals surface area contributed by atoms with Crippen LogP contribution in [0.1, 0.15) is 55.2 Å². The third kappa shape index (κ3) is 8.26. The fourth-order valence-corrected chi connectivity index (χ4v) is 2.84. The zero-order valence-corrected chi connectivity index (χ0v) is 18.6. The number of aryl methyl sites for hydroxylation is 1. The summed E-state index contributed by atoms with van der Waals surface area (Å²) in [5.41, 5.74) is 2.96. The Kier molecular flexibility index (Phi) is 10.5. The van der Waals surface area contributed by atoms with Crippen molar-refractivity contribution in [2.75, 3.05) is 39.6 Å². The molecule has 0 saturated carbocycles. The minimum absolute atomic E-state index is 0.104. The number of nitrogens with zero attached hydrogens (tertiary/aromatic N) is 2. The molecule has 0 fully saturated rings. The lowest BCUT2D eigenvalue weighted by molar-refractivity contribution is -0.00100. The first-order chi connectivity index (χ1) is 14.5. The summed E-state index contributed by atoms with van der Waals surface area (Å²) in [4.78, 5) is 12.3. The highest BCUT2D eigenvalue weighted by Crippen LogP contribution is 2.18. The maximum atomic E-state index is 12.3. The highest BCUT2D eigenvalue weighted by atomic mass is 16.5. The normalized spacial score (nSPS) is 12.3. The van der Waals surface area contributed by atoms with Crippen molar-refractivity contribution in [1.82, 2.24) is 15.1 Å². The largest absolute Gasteiger partial charge is 0.377 e. The Morgan fingerprint density at radius 3 is 2.33 bits per heavy atom. The third-order valence-corrected chi connectivity index (χ3v) is 4.70. The van der Waals surface area contributed by atoms with Gasteiger partial charge in [0.1, 0.15) is 0 Å². The van der Waals surface area contributed by atoms with Crippen LogP contribution in [-0.4, -0.2) is 61.4 Å². The van der Waals surface area contributed by atoms with Crippen LogP contribution in [0.4, 0.5) is 0 Å². The maximum absolute atomic E-state index is 12.3. The van der Waals surface area contributed by atoms with E-state index in [0.717, 1.165) is 12.0 Å². The first kappa shape index (κ1) is 24.1. The SMILES string of the molecule is CCc1cnn(C(C)c2ccc(C(=O)NCCOCCOCCOC(C)C)cc2)c1. The molecule has 1 aromatic carbocycles. The summed E-state index contributed by atoms with van der Waals surface area (Å²) in [5, 5.41) is 7.29. The average Bonchev–Trinajstić information content (AvgIpc) is 3.23. The van der Waals surface area contributed by atoms with Crippen molar-refractivity contribution in [2.45, 2.75) is 46.3 Å². The molecule has 30 heavy (non-hydrogen) atoms. The first-order valence-electron chi connectivity index (χ1n) is 10.7. The molecule has 7 heteroatoms. The molecule has 1 amide bonds. The number of hydrogen-bond donors (Lipinski definition) is 1. The molecule has 2 aromatic rings. The van der Waals surface area contributed by atoms with E-state index in [0.29, 0.717) is 45.1 Å². The Bertz CT molecular complexity index is 743. The Morgan fingerprint density at radius 2 is 1.70 bits per heavy atom. The zero-order valence-electron chi connectivity index (χ0n) is 18.6. The molecule has 1 aromatic heterocycles. The van der Waals surface area contributed by atoms with E-state index in [9.17, 15) is 4.79 Å². The second-order valence-electron chi connectivity index (χ2n) is 7.38. The molecule has 0 aliphatic heterocycles. The third-order valence-electron chi connectivity index (χ3n) is 4.70. The quantitative estimate of drug-likeness (QED) is 0.478. The molecular weight excluding hydrogens is 382 g/mol. The lowest BCUT2D eigenvalue weighted by Gasteiger charge is -2.13. The molecule has 0 spiro atoms. The summed E-state index contributed by atoms with van der Waals surface area (Å²) in [5.74, 6) is -0.104. The molecule has 1 heterocycles. The van der Waals surface area contributed by atoms with Crippen LogP contribution in [0.15, 0.2) is 36.7 Å². The minimum atomic E-state index is -0.104. The van der Waals surface area contributed by atoms with Gasteiger partial charge in [0.25, 0.3) is 5.91 Å². The molecule has 1 N–H and O–H groups in total. The molecule has 1 unspecified atom stereocenters. The van der Waals surface area contributed by atoms with E-state index in [-0.39, 0.29) is 18.1 Å². The van der Waals surface area contributed by atoms with Crippen LogP contribution in [0.25, 0.3) is 0 Å². The van der Waals surface area contributed by atoms with Crippen molar-refractivity contribution in [1.29, 1.82) is 0 Å². The van der Waals surface area contributed by atoms with Gasteiger partial charge in [0.15, 0.2) is 0 Å². The number of amides is 1. The first-order valence-corrected chi connectivity index (χ1v) is 10.7. The number of rotatable bonds is 14. The summed E-state index contributed by atoms with van der Waals surface area (Å²) in [7, 11) is 0. The minimum Gasteiger partial charge on any atom is -0.377 e. The van der Waals surface area contributed by atoms with Crippen molar-refractivity contribution in [3.05, 3.63) is 53.3 Å². The average molecular weight is 418 g/mol. The lowest BCUT2D eigenvalue weighted by atomic mass is 10.1. The van der Waals surface area contributed by atoms with Crippen LogP contribution in [0.5, 0.6) is 0 Å². The van der Waals surface area contributed by atoms with E-state index in [2.05, 4.69) is 30.5 Å².